The predicted octanol–water partition coefficient (Wildman–Crippen LogP) is 2.40. The number of unbranched alkanes of at least 4 members (excludes halogenated alkanes) is 1. The Bertz CT molecular complexity index is 275. The van der Waals surface area contributed by atoms with Gasteiger partial charge in [0, 0.05) is 12.5 Å². The van der Waals surface area contributed by atoms with E-state index in [0.29, 0.717) is 6.04 Å². The summed E-state index contributed by atoms with van der Waals surface area (Å²) in [5.41, 5.74) is 0. The lowest BCUT2D eigenvalue weighted by molar-refractivity contribution is -0.215. The molecule has 3 nitrogen and oxygen atoms in total. The number of nitrogens with zero attached hydrogens (tertiary/aromatic N) is 1. The van der Waals surface area contributed by atoms with Crippen LogP contribution in [0.3, 0.4) is 0 Å². The highest BCUT2D eigenvalue weighted by Crippen LogP contribution is 2.48. The summed E-state index contributed by atoms with van der Waals surface area (Å²) >= 11 is 0. The van der Waals surface area contributed by atoms with E-state index in [2.05, 4.69) is 18.9 Å². The Morgan fingerprint density at radius 1 is 1.29 bits per heavy atom. The first-order valence-electron chi connectivity index (χ1n) is 7.26. The largest absolute Gasteiger partial charge is 0.346 e. The van der Waals surface area contributed by atoms with Gasteiger partial charge in [0.05, 0.1) is 19.3 Å². The summed E-state index contributed by atoms with van der Waals surface area (Å²) in [5, 5.41) is 0. The van der Waals surface area contributed by atoms with Crippen LogP contribution in [0.1, 0.15) is 45.4 Å². The summed E-state index contributed by atoms with van der Waals surface area (Å²) in [7, 11) is 2.27. The van der Waals surface area contributed by atoms with Gasteiger partial charge < -0.3 is 9.47 Å². The molecule has 3 atom stereocenters. The SMILES string of the molecule is CCCC[C@@H]1C[C@H]2N(C)[C@@H]1CCC21OCCO1. The van der Waals surface area contributed by atoms with Crippen LogP contribution < -0.4 is 0 Å². The maximum Gasteiger partial charge on any atom is 0.184 e. The fraction of sp³-hybridized carbons (Fsp3) is 1.00. The smallest absolute Gasteiger partial charge is 0.184 e. The van der Waals surface area contributed by atoms with Crippen molar-refractivity contribution >= 4 is 0 Å². The lowest BCUT2D eigenvalue weighted by Gasteiger charge is -2.43. The minimum absolute atomic E-state index is 0.244. The fourth-order valence-electron chi connectivity index (χ4n) is 4.20. The highest BCUT2D eigenvalue weighted by Gasteiger charge is 2.56. The Balaban J connectivity index is 1.73. The van der Waals surface area contributed by atoms with Crippen LogP contribution >= 0.6 is 0 Å². The zero-order valence-corrected chi connectivity index (χ0v) is 11.2. The lowest BCUT2D eigenvalue weighted by atomic mass is 9.92. The molecular weight excluding hydrogens is 214 g/mol. The molecular formula is C14H25NO2. The topological polar surface area (TPSA) is 21.7 Å². The van der Waals surface area contributed by atoms with E-state index in [-0.39, 0.29) is 5.79 Å². The van der Waals surface area contributed by atoms with Crippen molar-refractivity contribution in [3.8, 4) is 0 Å². The molecule has 0 aliphatic carbocycles. The van der Waals surface area contributed by atoms with Crippen LogP contribution in [-0.2, 0) is 9.47 Å². The second kappa shape index (κ2) is 4.52. The summed E-state index contributed by atoms with van der Waals surface area (Å²) in [6, 6.07) is 1.29. The number of likely N-dealkylation sites (N-methyl/N-ethyl adjacent to an activating group) is 1. The van der Waals surface area contributed by atoms with Crippen molar-refractivity contribution in [1.29, 1.82) is 0 Å². The van der Waals surface area contributed by atoms with E-state index < -0.39 is 0 Å². The number of hydrogen-bond donors (Lipinski definition) is 0. The Labute approximate surface area is 104 Å². The van der Waals surface area contributed by atoms with Gasteiger partial charge in [-0.3, -0.25) is 4.90 Å². The van der Waals surface area contributed by atoms with Gasteiger partial charge >= 0.3 is 0 Å². The van der Waals surface area contributed by atoms with Crippen LogP contribution in [0, 0.1) is 5.92 Å². The average Bonchev–Trinajstić information content (AvgIpc) is 2.85. The van der Waals surface area contributed by atoms with Gasteiger partial charge in [-0.2, -0.15) is 0 Å². The van der Waals surface area contributed by atoms with Crippen molar-refractivity contribution in [3.05, 3.63) is 0 Å². The molecule has 17 heavy (non-hydrogen) atoms. The molecule has 3 saturated heterocycles. The van der Waals surface area contributed by atoms with Gasteiger partial charge in [0.15, 0.2) is 5.79 Å². The van der Waals surface area contributed by atoms with Crippen LogP contribution in [0.25, 0.3) is 0 Å². The summed E-state index contributed by atoms with van der Waals surface area (Å²) < 4.78 is 11.9. The van der Waals surface area contributed by atoms with Crippen molar-refractivity contribution in [2.75, 3.05) is 20.3 Å². The number of fused-ring (bicyclic) bond motifs is 3. The molecule has 3 fully saturated rings. The zero-order valence-electron chi connectivity index (χ0n) is 11.2. The van der Waals surface area contributed by atoms with Gasteiger partial charge in [-0.05, 0) is 32.2 Å². The first-order valence-corrected chi connectivity index (χ1v) is 7.26. The lowest BCUT2D eigenvalue weighted by Crippen LogP contribution is -2.55. The third kappa shape index (κ3) is 1.83. The van der Waals surface area contributed by atoms with Gasteiger partial charge in [-0.25, -0.2) is 0 Å². The van der Waals surface area contributed by atoms with Gasteiger partial charge in [-0.15, -0.1) is 0 Å². The highest BCUT2D eigenvalue weighted by molar-refractivity contribution is 5.05. The molecule has 3 rings (SSSR count). The molecule has 2 bridgehead atoms. The highest BCUT2D eigenvalue weighted by atomic mass is 16.7. The van der Waals surface area contributed by atoms with Gasteiger partial charge in [-0.1, -0.05) is 19.8 Å². The molecule has 0 saturated carbocycles. The standard InChI is InChI=1S/C14H25NO2/c1-3-4-5-11-10-13-14(16-8-9-17-14)7-6-12(11)15(13)2/h11-13H,3-10H2,1-2H3/t11-,12-,13-/m1/s1. The Morgan fingerprint density at radius 3 is 2.76 bits per heavy atom. The van der Waals surface area contributed by atoms with E-state index in [0.717, 1.165) is 31.6 Å². The van der Waals surface area contributed by atoms with Crippen LogP contribution in [0.5, 0.6) is 0 Å². The average molecular weight is 239 g/mol. The summed E-state index contributed by atoms with van der Waals surface area (Å²) in [5.74, 6) is 0.629. The molecule has 0 amide bonds. The molecule has 0 aromatic carbocycles. The summed E-state index contributed by atoms with van der Waals surface area (Å²) in [4.78, 5) is 2.55. The maximum atomic E-state index is 5.97. The Morgan fingerprint density at radius 2 is 2.06 bits per heavy atom. The Kier molecular flexibility index (Phi) is 3.18. The molecule has 1 spiro atoms. The second-order valence-corrected chi connectivity index (χ2v) is 5.93. The van der Waals surface area contributed by atoms with Crippen LogP contribution in [-0.4, -0.2) is 43.0 Å². The van der Waals surface area contributed by atoms with Crippen molar-refractivity contribution in [3.63, 3.8) is 0 Å². The Hall–Kier alpha value is -0.120. The van der Waals surface area contributed by atoms with Crippen molar-refractivity contribution < 1.29 is 9.47 Å². The number of ether oxygens (including phenoxy) is 2. The molecule has 0 aromatic rings. The number of rotatable bonds is 3. The van der Waals surface area contributed by atoms with Gasteiger partial charge in [0.2, 0.25) is 0 Å². The molecule has 3 heterocycles. The minimum Gasteiger partial charge on any atom is -0.346 e. The molecule has 0 N–H and O–H groups in total. The number of piperidine rings is 1. The predicted molar refractivity (Wildman–Crippen MR) is 66.8 cm³/mol. The molecule has 3 aliphatic heterocycles. The van der Waals surface area contributed by atoms with E-state index in [1.54, 1.807) is 0 Å². The van der Waals surface area contributed by atoms with Gasteiger partial charge in [0.25, 0.3) is 0 Å². The normalized spacial score (nSPS) is 40.2. The second-order valence-electron chi connectivity index (χ2n) is 5.93. The van der Waals surface area contributed by atoms with E-state index in [4.69, 9.17) is 9.47 Å². The van der Waals surface area contributed by atoms with Crippen LogP contribution in [0.15, 0.2) is 0 Å². The molecule has 98 valence electrons. The quantitative estimate of drug-likeness (QED) is 0.755. The van der Waals surface area contributed by atoms with E-state index >= 15 is 0 Å². The van der Waals surface area contributed by atoms with Crippen LogP contribution in [0.4, 0.5) is 0 Å². The molecule has 0 radical (unpaired) electrons. The molecule has 3 aliphatic rings. The van der Waals surface area contributed by atoms with Gasteiger partial charge in [0.1, 0.15) is 0 Å². The zero-order chi connectivity index (χ0) is 11.9. The van der Waals surface area contributed by atoms with E-state index in [1.807, 2.05) is 0 Å². The summed E-state index contributed by atoms with van der Waals surface area (Å²) in [6.45, 7) is 3.86. The number of hydrogen-bond acceptors (Lipinski definition) is 3. The minimum atomic E-state index is -0.244. The maximum absolute atomic E-state index is 5.97. The van der Waals surface area contributed by atoms with Crippen LogP contribution in [0.2, 0.25) is 0 Å². The van der Waals surface area contributed by atoms with E-state index in [9.17, 15) is 0 Å². The first kappa shape index (κ1) is 11.9. The van der Waals surface area contributed by atoms with E-state index in [1.165, 1.54) is 32.1 Å². The monoisotopic (exact) mass is 239 g/mol. The van der Waals surface area contributed by atoms with Crippen molar-refractivity contribution in [2.45, 2.75) is 63.3 Å². The molecule has 0 unspecified atom stereocenters. The summed E-state index contributed by atoms with van der Waals surface area (Å²) in [6.07, 6.45) is 7.71. The third-order valence-electron chi connectivity index (χ3n) is 5.09. The van der Waals surface area contributed by atoms with Crippen molar-refractivity contribution in [2.24, 2.45) is 5.92 Å². The third-order valence-corrected chi connectivity index (χ3v) is 5.09. The van der Waals surface area contributed by atoms with Crippen molar-refractivity contribution in [1.82, 2.24) is 4.90 Å². The molecule has 0 aromatic heterocycles. The first-order chi connectivity index (χ1) is 8.27. The fourth-order valence-corrected chi connectivity index (χ4v) is 4.20. The molecule has 3 heteroatoms.